The molecule has 1 aromatic heterocycles. The van der Waals surface area contributed by atoms with E-state index in [2.05, 4.69) is 15.5 Å². The number of nitrogens with one attached hydrogen (secondary N) is 2. The van der Waals surface area contributed by atoms with Gasteiger partial charge in [-0.3, -0.25) is 19.2 Å². The third-order valence-corrected chi connectivity index (χ3v) is 9.21. The Kier molecular flexibility index (Phi) is 13.4. The number of benzene rings is 1. The fourth-order valence-corrected chi connectivity index (χ4v) is 6.36. The quantitative estimate of drug-likeness (QED) is 0.178. The first-order valence-electron chi connectivity index (χ1n) is 17.2. The number of anilines is 1. The van der Waals surface area contributed by atoms with Gasteiger partial charge in [0.25, 0.3) is 5.91 Å². The van der Waals surface area contributed by atoms with Crippen LogP contribution in [0.25, 0.3) is 10.9 Å². The van der Waals surface area contributed by atoms with Gasteiger partial charge in [-0.2, -0.15) is 0 Å². The average Bonchev–Trinajstić information content (AvgIpc) is 3.04. The minimum absolute atomic E-state index is 0.0182. The molecule has 0 unspecified atom stereocenters. The Labute approximate surface area is 276 Å². The molecule has 1 fully saturated rings. The molecular formula is C34H52FN7O5. The molecule has 2 aliphatic rings. The Balaban J connectivity index is 1.18. The van der Waals surface area contributed by atoms with Crippen molar-refractivity contribution in [2.24, 2.45) is 11.5 Å². The molecule has 4 rings (SSSR count). The first-order valence-corrected chi connectivity index (χ1v) is 17.2. The minimum Gasteiger partial charge on any atom is -0.487 e. The van der Waals surface area contributed by atoms with Crippen molar-refractivity contribution in [2.45, 2.75) is 89.6 Å². The van der Waals surface area contributed by atoms with Crippen LogP contribution in [-0.2, 0) is 9.59 Å². The third-order valence-electron chi connectivity index (χ3n) is 9.21. The van der Waals surface area contributed by atoms with E-state index in [1.165, 1.54) is 6.07 Å². The molecule has 47 heavy (non-hydrogen) atoms. The molecule has 3 amide bonds. The van der Waals surface area contributed by atoms with E-state index < -0.39 is 29.1 Å². The van der Waals surface area contributed by atoms with Gasteiger partial charge in [0.05, 0.1) is 16.9 Å². The second-order valence-electron chi connectivity index (χ2n) is 12.9. The van der Waals surface area contributed by atoms with Gasteiger partial charge in [0.15, 0.2) is 11.6 Å². The molecule has 6 N–H and O–H groups in total. The van der Waals surface area contributed by atoms with Crippen LogP contribution in [0.5, 0.6) is 5.75 Å². The first-order chi connectivity index (χ1) is 22.6. The Morgan fingerprint density at radius 3 is 2.30 bits per heavy atom. The summed E-state index contributed by atoms with van der Waals surface area (Å²) in [4.78, 5) is 54.1. The number of carbonyl (C=O) groups excluding carboxylic acids is 3. The van der Waals surface area contributed by atoms with Crippen LogP contribution in [0.3, 0.4) is 0 Å². The van der Waals surface area contributed by atoms with Crippen molar-refractivity contribution < 1.29 is 23.5 Å². The molecular weight excluding hydrogens is 605 g/mol. The molecule has 1 aromatic carbocycles. The van der Waals surface area contributed by atoms with Gasteiger partial charge in [-0.25, -0.2) is 4.39 Å². The van der Waals surface area contributed by atoms with E-state index in [0.717, 1.165) is 70.9 Å². The highest BCUT2D eigenvalue weighted by molar-refractivity contribution is 6.00. The van der Waals surface area contributed by atoms with E-state index >= 15 is 4.39 Å². The highest BCUT2D eigenvalue weighted by Gasteiger charge is 2.31. The topological polar surface area (TPSA) is 165 Å². The molecule has 2 aliphatic heterocycles. The van der Waals surface area contributed by atoms with Crippen LogP contribution < -0.4 is 37.2 Å². The van der Waals surface area contributed by atoms with E-state index in [9.17, 15) is 19.2 Å². The van der Waals surface area contributed by atoms with Gasteiger partial charge < -0.3 is 41.2 Å². The number of carbonyl (C=O) groups is 3. The molecule has 2 atom stereocenters. The normalized spacial score (nSPS) is 16.9. The largest absolute Gasteiger partial charge is 0.487 e. The first kappa shape index (κ1) is 36.1. The van der Waals surface area contributed by atoms with Crippen LogP contribution in [-0.4, -0.2) is 86.2 Å². The molecule has 1 saturated heterocycles. The zero-order valence-electron chi connectivity index (χ0n) is 28.0. The summed E-state index contributed by atoms with van der Waals surface area (Å²) >= 11 is 0. The minimum atomic E-state index is -0.699. The molecule has 2 aromatic rings. The number of ether oxygens (including phenoxy) is 1. The number of piperazine rings is 1. The molecule has 260 valence electrons. The lowest BCUT2D eigenvalue weighted by molar-refractivity contribution is -0.127. The van der Waals surface area contributed by atoms with Gasteiger partial charge in [-0.1, -0.05) is 44.9 Å². The summed E-state index contributed by atoms with van der Waals surface area (Å²) in [6, 6.07) is 0.450. The summed E-state index contributed by atoms with van der Waals surface area (Å²) in [5.74, 6) is -1.30. The van der Waals surface area contributed by atoms with E-state index in [4.69, 9.17) is 16.2 Å². The van der Waals surface area contributed by atoms with Crippen molar-refractivity contribution >= 4 is 34.3 Å². The lowest BCUT2D eigenvalue weighted by Gasteiger charge is -2.37. The monoisotopic (exact) mass is 657 g/mol. The molecule has 0 bridgehead atoms. The van der Waals surface area contributed by atoms with Crippen LogP contribution in [0.1, 0.15) is 94.0 Å². The number of unbranched alkanes of at least 4 members (excludes halogenated alkanes) is 8. The van der Waals surface area contributed by atoms with Crippen LogP contribution >= 0.6 is 0 Å². The van der Waals surface area contributed by atoms with Crippen molar-refractivity contribution in [1.82, 2.24) is 20.1 Å². The number of aromatic nitrogens is 1. The number of rotatable bonds is 18. The van der Waals surface area contributed by atoms with E-state index in [1.54, 1.807) is 6.20 Å². The number of halogens is 1. The van der Waals surface area contributed by atoms with Crippen molar-refractivity contribution in [3.63, 3.8) is 0 Å². The van der Waals surface area contributed by atoms with Gasteiger partial charge in [0.2, 0.25) is 17.2 Å². The average molecular weight is 658 g/mol. The second-order valence-corrected chi connectivity index (χ2v) is 12.9. The number of amides is 3. The van der Waals surface area contributed by atoms with E-state index in [1.807, 2.05) is 23.4 Å². The maximum absolute atomic E-state index is 15.6. The number of primary amides is 1. The molecule has 0 radical (unpaired) electrons. The molecule has 0 saturated carbocycles. The SMILES string of the molecule is C[C@H]1COc2c(N3CCN(C)CC3)c(F)cc3c(=O)c(C(=O)NCCCCCCCCCCCC(=O)N[C@@H](CCN)C(N)=O)cn1c23. The van der Waals surface area contributed by atoms with Crippen molar-refractivity contribution in [3.8, 4) is 5.75 Å². The number of likely N-dealkylation sites (N-methyl/N-ethyl adjacent to an activating group) is 1. The van der Waals surface area contributed by atoms with Gasteiger partial charge in [-0.15, -0.1) is 0 Å². The van der Waals surface area contributed by atoms with E-state index in [-0.39, 0.29) is 29.4 Å². The highest BCUT2D eigenvalue weighted by atomic mass is 19.1. The van der Waals surface area contributed by atoms with E-state index in [0.29, 0.717) is 56.0 Å². The predicted molar refractivity (Wildman–Crippen MR) is 181 cm³/mol. The molecule has 13 heteroatoms. The zero-order valence-corrected chi connectivity index (χ0v) is 28.0. The Morgan fingerprint density at radius 2 is 1.66 bits per heavy atom. The summed E-state index contributed by atoms with van der Waals surface area (Å²) in [6.45, 7) is 5.96. The Morgan fingerprint density at radius 1 is 1.02 bits per heavy atom. The predicted octanol–water partition coefficient (Wildman–Crippen LogP) is 2.80. The maximum Gasteiger partial charge on any atom is 0.256 e. The lowest BCUT2D eigenvalue weighted by Crippen LogP contribution is -2.45. The molecule has 3 heterocycles. The number of nitrogens with two attached hydrogens (primary N) is 2. The van der Waals surface area contributed by atoms with Crippen molar-refractivity contribution in [1.29, 1.82) is 0 Å². The van der Waals surface area contributed by atoms with Gasteiger partial charge in [0.1, 0.15) is 23.9 Å². The number of hydrogen-bond donors (Lipinski definition) is 4. The molecule has 0 spiro atoms. The highest BCUT2D eigenvalue weighted by Crippen LogP contribution is 2.42. The molecule has 12 nitrogen and oxygen atoms in total. The standard InChI is InChI=1S/C34H52FN7O5/c1-23-22-47-32-29-24(20-26(35)30(32)41-18-16-40(2)17-19-41)31(44)25(21-42(23)29)34(46)38-15-11-9-7-5-3-4-6-8-10-12-28(43)39-27(13-14-36)33(37)45/h20-21,23,27H,3-19,22,36H2,1-2H3,(H2,37,45)(H,38,46)(H,39,43)/t23-,27-/m0/s1. The fourth-order valence-electron chi connectivity index (χ4n) is 6.36. The van der Waals surface area contributed by atoms with Crippen molar-refractivity contribution in [3.05, 3.63) is 33.9 Å². The number of nitrogens with zero attached hydrogens (tertiary/aromatic N) is 3. The summed E-state index contributed by atoms with van der Waals surface area (Å²) in [7, 11) is 2.04. The maximum atomic E-state index is 15.6. The smallest absolute Gasteiger partial charge is 0.256 e. The van der Waals surface area contributed by atoms with Crippen LogP contribution in [0.15, 0.2) is 17.1 Å². The Bertz CT molecular complexity index is 1460. The Hall–Kier alpha value is -3.71. The summed E-state index contributed by atoms with van der Waals surface area (Å²) < 4.78 is 23.5. The van der Waals surface area contributed by atoms with Crippen LogP contribution in [0.4, 0.5) is 10.1 Å². The molecule has 0 aliphatic carbocycles. The lowest BCUT2D eigenvalue weighted by atomic mass is 10.0. The van der Waals surface area contributed by atoms with Crippen LogP contribution in [0, 0.1) is 5.82 Å². The summed E-state index contributed by atoms with van der Waals surface area (Å²) in [6.07, 6.45) is 11.2. The van der Waals surface area contributed by atoms with Gasteiger partial charge in [0, 0.05) is 45.3 Å². The van der Waals surface area contributed by atoms with Crippen LogP contribution in [0.2, 0.25) is 0 Å². The second kappa shape index (κ2) is 17.4. The van der Waals surface area contributed by atoms with Gasteiger partial charge in [-0.05, 0) is 45.8 Å². The summed E-state index contributed by atoms with van der Waals surface area (Å²) in [5, 5.41) is 5.70. The van der Waals surface area contributed by atoms with Crippen molar-refractivity contribution in [2.75, 3.05) is 57.8 Å². The third kappa shape index (κ3) is 9.44. The fraction of sp³-hybridized carbons (Fsp3) is 0.647. The number of pyridine rings is 1. The number of hydrogen-bond acceptors (Lipinski definition) is 8. The zero-order chi connectivity index (χ0) is 33.9. The van der Waals surface area contributed by atoms with Gasteiger partial charge >= 0.3 is 0 Å². The summed E-state index contributed by atoms with van der Waals surface area (Å²) in [5.41, 5.74) is 11.2.